The number of sulfonamides is 1. The third kappa shape index (κ3) is 3.46. The maximum Gasteiger partial charge on any atom is 0.260 e. The van der Waals surface area contributed by atoms with Crippen molar-refractivity contribution in [2.75, 3.05) is 6.54 Å². The summed E-state index contributed by atoms with van der Waals surface area (Å²) in [5.41, 5.74) is 0.754. The lowest BCUT2D eigenvalue weighted by Gasteiger charge is -2.21. The van der Waals surface area contributed by atoms with Gasteiger partial charge in [0.05, 0.1) is 6.20 Å². The fraction of sp³-hybridized carbons (Fsp3) is 0.786. The standard InChI is InChI=1S/C14H24N4O2S/c1-2-3-8-18(13-6-7-13)21(19,20)14-11(10-16-17-14)9-15-12-4-5-12/h10,12-13,15H,2-9H2,1H3,(H,16,17). The van der Waals surface area contributed by atoms with Gasteiger partial charge in [-0.2, -0.15) is 9.40 Å². The van der Waals surface area contributed by atoms with Crippen LogP contribution in [0.15, 0.2) is 11.2 Å². The summed E-state index contributed by atoms with van der Waals surface area (Å²) in [6.45, 7) is 3.26. The summed E-state index contributed by atoms with van der Waals surface area (Å²) in [7, 11) is -3.45. The molecule has 0 amide bonds. The molecule has 1 heterocycles. The van der Waals surface area contributed by atoms with E-state index >= 15 is 0 Å². The van der Waals surface area contributed by atoms with Crippen molar-refractivity contribution in [3.63, 3.8) is 0 Å². The van der Waals surface area contributed by atoms with Crippen LogP contribution < -0.4 is 5.32 Å². The lowest BCUT2D eigenvalue weighted by molar-refractivity contribution is 0.393. The zero-order valence-electron chi connectivity index (χ0n) is 12.5. The minimum atomic E-state index is -3.45. The summed E-state index contributed by atoms with van der Waals surface area (Å²) >= 11 is 0. The molecule has 2 N–H and O–H groups in total. The van der Waals surface area contributed by atoms with E-state index in [4.69, 9.17) is 0 Å². The molecule has 0 aliphatic heterocycles. The lowest BCUT2D eigenvalue weighted by Crippen LogP contribution is -2.35. The van der Waals surface area contributed by atoms with E-state index in [1.54, 1.807) is 10.5 Å². The van der Waals surface area contributed by atoms with Crippen molar-refractivity contribution in [2.24, 2.45) is 0 Å². The van der Waals surface area contributed by atoms with E-state index in [1.807, 2.05) is 0 Å². The van der Waals surface area contributed by atoms with Crippen LogP contribution in [0.2, 0.25) is 0 Å². The van der Waals surface area contributed by atoms with Crippen LogP contribution in [0.5, 0.6) is 0 Å². The van der Waals surface area contributed by atoms with Crippen molar-refractivity contribution in [1.82, 2.24) is 19.8 Å². The topological polar surface area (TPSA) is 78.1 Å². The van der Waals surface area contributed by atoms with E-state index in [0.717, 1.165) is 31.2 Å². The third-order valence-corrected chi connectivity index (χ3v) is 6.06. The van der Waals surface area contributed by atoms with Gasteiger partial charge in [0.25, 0.3) is 10.0 Å². The maximum atomic E-state index is 12.9. The normalized spacial score (nSPS) is 19.3. The van der Waals surface area contributed by atoms with Gasteiger partial charge in [0.1, 0.15) is 0 Å². The van der Waals surface area contributed by atoms with Crippen LogP contribution in [-0.4, -0.2) is 41.5 Å². The molecule has 0 spiro atoms. The number of nitrogens with zero attached hydrogens (tertiary/aromatic N) is 2. The first kappa shape index (κ1) is 15.0. The highest BCUT2D eigenvalue weighted by atomic mass is 32.2. The van der Waals surface area contributed by atoms with E-state index < -0.39 is 10.0 Å². The zero-order chi connectivity index (χ0) is 14.9. The first-order chi connectivity index (χ1) is 10.1. The Balaban J connectivity index is 1.77. The number of nitrogens with one attached hydrogen (secondary N) is 2. The molecule has 0 aromatic carbocycles. The van der Waals surface area contributed by atoms with Crippen LogP contribution in [0.25, 0.3) is 0 Å². The van der Waals surface area contributed by atoms with E-state index in [1.165, 1.54) is 12.8 Å². The summed E-state index contributed by atoms with van der Waals surface area (Å²) in [5, 5.41) is 10.3. The van der Waals surface area contributed by atoms with Crippen LogP contribution in [0.3, 0.4) is 0 Å². The fourth-order valence-electron chi connectivity index (χ4n) is 2.48. The van der Waals surface area contributed by atoms with Gasteiger partial charge in [0.15, 0.2) is 5.03 Å². The lowest BCUT2D eigenvalue weighted by atomic mass is 10.3. The number of aromatic nitrogens is 2. The molecule has 0 saturated heterocycles. The van der Waals surface area contributed by atoms with Crippen LogP contribution in [0.4, 0.5) is 0 Å². The maximum absolute atomic E-state index is 12.9. The molecule has 2 aliphatic carbocycles. The molecule has 0 atom stereocenters. The average molecular weight is 312 g/mol. The Labute approximate surface area is 126 Å². The molecule has 1 aromatic rings. The molecule has 0 unspecified atom stereocenters. The van der Waals surface area contributed by atoms with Gasteiger partial charge in [0, 0.05) is 30.7 Å². The number of aromatic amines is 1. The second-order valence-electron chi connectivity index (χ2n) is 6.08. The summed E-state index contributed by atoms with van der Waals surface area (Å²) in [6, 6.07) is 0.740. The second-order valence-corrected chi connectivity index (χ2v) is 7.91. The Bertz CT molecular complexity index is 576. The molecule has 21 heavy (non-hydrogen) atoms. The van der Waals surface area contributed by atoms with Crippen molar-refractivity contribution in [3.05, 3.63) is 11.8 Å². The summed E-state index contributed by atoms with van der Waals surface area (Å²) < 4.78 is 27.4. The highest BCUT2D eigenvalue weighted by molar-refractivity contribution is 7.89. The van der Waals surface area contributed by atoms with E-state index in [0.29, 0.717) is 19.1 Å². The third-order valence-electron chi connectivity index (χ3n) is 4.09. The minimum absolute atomic E-state index is 0.189. The van der Waals surface area contributed by atoms with Crippen molar-refractivity contribution in [1.29, 1.82) is 0 Å². The summed E-state index contributed by atoms with van der Waals surface area (Å²) in [4.78, 5) is 0. The van der Waals surface area contributed by atoms with Crippen LogP contribution in [0, 0.1) is 0 Å². The largest absolute Gasteiger partial charge is 0.310 e. The highest BCUT2D eigenvalue weighted by Gasteiger charge is 2.39. The number of H-pyrrole nitrogens is 1. The Morgan fingerprint density at radius 2 is 2.14 bits per heavy atom. The molecule has 0 radical (unpaired) electrons. The molecule has 3 rings (SSSR count). The van der Waals surface area contributed by atoms with E-state index in [-0.39, 0.29) is 11.1 Å². The highest BCUT2D eigenvalue weighted by Crippen LogP contribution is 2.32. The Morgan fingerprint density at radius 1 is 1.38 bits per heavy atom. The zero-order valence-corrected chi connectivity index (χ0v) is 13.3. The molecule has 2 saturated carbocycles. The van der Waals surface area contributed by atoms with Gasteiger partial charge in [-0.3, -0.25) is 5.10 Å². The van der Waals surface area contributed by atoms with Crippen molar-refractivity contribution in [3.8, 4) is 0 Å². The smallest absolute Gasteiger partial charge is 0.260 e. The first-order valence-electron chi connectivity index (χ1n) is 7.90. The molecule has 1 aromatic heterocycles. The SMILES string of the molecule is CCCCN(C1CC1)S(=O)(=O)c1[nH]ncc1CNC1CC1. The molecule has 7 heteroatoms. The van der Waals surface area contributed by atoms with Crippen molar-refractivity contribution >= 4 is 10.0 Å². The second kappa shape index (κ2) is 6.06. The van der Waals surface area contributed by atoms with Gasteiger partial charge in [0.2, 0.25) is 0 Å². The van der Waals surface area contributed by atoms with Crippen LogP contribution in [-0.2, 0) is 16.6 Å². The molecule has 6 nitrogen and oxygen atoms in total. The molecule has 2 fully saturated rings. The van der Waals surface area contributed by atoms with Gasteiger partial charge >= 0.3 is 0 Å². The number of hydrogen-bond donors (Lipinski definition) is 2. The number of unbranched alkanes of at least 4 members (excludes halogenated alkanes) is 1. The Hall–Kier alpha value is -0.920. The predicted molar refractivity (Wildman–Crippen MR) is 80.3 cm³/mol. The van der Waals surface area contributed by atoms with Crippen LogP contribution in [0.1, 0.15) is 51.0 Å². The number of rotatable bonds is 9. The molecule has 2 aliphatic rings. The van der Waals surface area contributed by atoms with Crippen molar-refractivity contribution in [2.45, 2.75) is 69.1 Å². The van der Waals surface area contributed by atoms with Gasteiger partial charge in [-0.15, -0.1) is 0 Å². The van der Waals surface area contributed by atoms with E-state index in [9.17, 15) is 8.42 Å². The Kier molecular flexibility index (Phi) is 4.33. The summed E-state index contributed by atoms with van der Waals surface area (Å²) in [6.07, 6.45) is 7.86. The quantitative estimate of drug-likeness (QED) is 0.726. The van der Waals surface area contributed by atoms with Crippen molar-refractivity contribution < 1.29 is 8.42 Å². The average Bonchev–Trinajstić information content (AvgIpc) is 3.37. The monoisotopic (exact) mass is 312 g/mol. The van der Waals surface area contributed by atoms with E-state index in [2.05, 4.69) is 22.4 Å². The minimum Gasteiger partial charge on any atom is -0.310 e. The predicted octanol–water partition coefficient (Wildman–Crippen LogP) is 1.61. The van der Waals surface area contributed by atoms with Gasteiger partial charge in [-0.05, 0) is 32.1 Å². The fourth-order valence-corrected chi connectivity index (χ4v) is 4.31. The van der Waals surface area contributed by atoms with Gasteiger partial charge in [-0.1, -0.05) is 13.3 Å². The molecule has 0 bridgehead atoms. The molecular weight excluding hydrogens is 288 g/mol. The first-order valence-corrected chi connectivity index (χ1v) is 9.34. The van der Waals surface area contributed by atoms with Crippen LogP contribution >= 0.6 is 0 Å². The summed E-state index contributed by atoms with van der Waals surface area (Å²) in [5.74, 6) is 0. The van der Waals surface area contributed by atoms with Gasteiger partial charge in [-0.25, -0.2) is 8.42 Å². The molecule has 118 valence electrons. The van der Waals surface area contributed by atoms with Gasteiger partial charge < -0.3 is 5.32 Å². The Morgan fingerprint density at radius 3 is 2.76 bits per heavy atom. The number of hydrogen-bond acceptors (Lipinski definition) is 4. The molecular formula is C14H24N4O2S.